The lowest BCUT2D eigenvalue weighted by Crippen LogP contribution is -2.29. The highest BCUT2D eigenvalue weighted by Gasteiger charge is 2.31. The number of hydrogen-bond donors (Lipinski definition) is 1. The number of thioether (sulfide) groups is 1. The number of aromatic nitrogens is 1. The SMILES string of the molecule is CCSc1ccc(NC(=O)c2cc(S(=O)(=O)N3CCc4ccccc43)ccc2OC)cn1. The number of nitrogens with zero attached hydrogens (tertiary/aromatic N) is 2. The second-order valence-corrected chi connectivity index (χ2v) is 10.2. The van der Waals surface area contributed by atoms with Crippen LogP contribution in [-0.4, -0.2) is 38.7 Å². The van der Waals surface area contributed by atoms with E-state index in [2.05, 4.69) is 10.3 Å². The Kier molecular flexibility index (Phi) is 6.38. The fourth-order valence-electron chi connectivity index (χ4n) is 3.60. The van der Waals surface area contributed by atoms with Crippen molar-refractivity contribution in [1.82, 2.24) is 4.98 Å². The molecule has 9 heteroatoms. The van der Waals surface area contributed by atoms with Crippen molar-refractivity contribution in [2.45, 2.75) is 23.3 Å². The van der Waals surface area contributed by atoms with E-state index in [9.17, 15) is 13.2 Å². The third kappa shape index (κ3) is 4.31. The summed E-state index contributed by atoms with van der Waals surface area (Å²) in [5.74, 6) is 0.714. The minimum atomic E-state index is -3.84. The van der Waals surface area contributed by atoms with Gasteiger partial charge in [0.2, 0.25) is 0 Å². The van der Waals surface area contributed by atoms with Gasteiger partial charge in [0, 0.05) is 6.54 Å². The van der Waals surface area contributed by atoms with Crippen molar-refractivity contribution in [1.29, 1.82) is 0 Å². The lowest BCUT2D eigenvalue weighted by atomic mass is 10.2. The topological polar surface area (TPSA) is 88.6 Å². The molecule has 0 atom stereocenters. The Morgan fingerprint density at radius 3 is 2.72 bits per heavy atom. The summed E-state index contributed by atoms with van der Waals surface area (Å²) in [4.78, 5) is 17.3. The normalized spacial score (nSPS) is 13.0. The highest BCUT2D eigenvalue weighted by Crippen LogP contribution is 2.34. The van der Waals surface area contributed by atoms with Gasteiger partial charge < -0.3 is 10.1 Å². The van der Waals surface area contributed by atoms with E-state index < -0.39 is 15.9 Å². The number of anilines is 2. The number of para-hydroxylation sites is 1. The number of carbonyl (C=O) groups is 1. The zero-order valence-corrected chi connectivity index (χ0v) is 19.4. The smallest absolute Gasteiger partial charge is 0.264 e. The number of carbonyl (C=O) groups excluding carboxylic acids is 1. The van der Waals surface area contributed by atoms with Crippen LogP contribution in [0.15, 0.2) is 70.7 Å². The average molecular weight is 470 g/mol. The van der Waals surface area contributed by atoms with Gasteiger partial charge in [-0.3, -0.25) is 9.10 Å². The Bertz CT molecular complexity index is 1240. The molecule has 0 saturated heterocycles. The molecule has 3 aromatic rings. The van der Waals surface area contributed by atoms with Crippen molar-refractivity contribution in [2.75, 3.05) is 29.0 Å². The van der Waals surface area contributed by atoms with Gasteiger partial charge in [-0.25, -0.2) is 13.4 Å². The fourth-order valence-corrected chi connectivity index (χ4v) is 5.71. The predicted octanol–water partition coefficient (Wildman–Crippen LogP) is 4.21. The maximum absolute atomic E-state index is 13.4. The molecule has 0 radical (unpaired) electrons. The van der Waals surface area contributed by atoms with Crippen molar-refractivity contribution in [3.63, 3.8) is 0 Å². The van der Waals surface area contributed by atoms with Crippen molar-refractivity contribution < 1.29 is 17.9 Å². The first-order valence-electron chi connectivity index (χ1n) is 10.1. The van der Waals surface area contributed by atoms with Gasteiger partial charge >= 0.3 is 0 Å². The number of nitrogens with one attached hydrogen (secondary N) is 1. The lowest BCUT2D eigenvalue weighted by Gasteiger charge is -2.20. The maximum atomic E-state index is 13.4. The second kappa shape index (κ2) is 9.22. The molecule has 0 fully saturated rings. The quantitative estimate of drug-likeness (QED) is 0.522. The van der Waals surface area contributed by atoms with Crippen LogP contribution in [-0.2, 0) is 16.4 Å². The molecular formula is C23H23N3O4S2. The molecule has 32 heavy (non-hydrogen) atoms. The molecule has 2 aromatic carbocycles. The molecular weight excluding hydrogens is 446 g/mol. The first-order valence-corrected chi connectivity index (χ1v) is 12.6. The van der Waals surface area contributed by atoms with Crippen molar-refractivity contribution >= 4 is 39.1 Å². The van der Waals surface area contributed by atoms with Gasteiger partial charge in [0.1, 0.15) is 5.75 Å². The molecule has 2 heterocycles. The van der Waals surface area contributed by atoms with Gasteiger partial charge in [-0.15, -0.1) is 11.8 Å². The van der Waals surface area contributed by atoms with Gasteiger partial charge in [0.25, 0.3) is 15.9 Å². The van der Waals surface area contributed by atoms with Gasteiger partial charge in [-0.1, -0.05) is 25.1 Å². The zero-order valence-electron chi connectivity index (χ0n) is 17.7. The van der Waals surface area contributed by atoms with Crippen LogP contribution in [0.1, 0.15) is 22.8 Å². The molecule has 1 aliphatic heterocycles. The lowest BCUT2D eigenvalue weighted by molar-refractivity contribution is 0.102. The summed E-state index contributed by atoms with van der Waals surface area (Å²) in [6.45, 7) is 2.40. The molecule has 1 aliphatic rings. The number of methoxy groups -OCH3 is 1. The summed E-state index contributed by atoms with van der Waals surface area (Å²) in [6, 6.07) is 15.3. The summed E-state index contributed by atoms with van der Waals surface area (Å²) < 4.78 is 33.4. The molecule has 1 N–H and O–H groups in total. The van der Waals surface area contributed by atoms with E-state index in [1.807, 2.05) is 31.2 Å². The van der Waals surface area contributed by atoms with Crippen molar-refractivity contribution in [3.05, 3.63) is 71.9 Å². The number of benzene rings is 2. The van der Waals surface area contributed by atoms with Crippen LogP contribution in [0, 0.1) is 0 Å². The van der Waals surface area contributed by atoms with Gasteiger partial charge in [-0.05, 0) is 54.1 Å². The van der Waals surface area contributed by atoms with E-state index in [1.54, 1.807) is 30.1 Å². The monoisotopic (exact) mass is 469 g/mol. The summed E-state index contributed by atoms with van der Waals surface area (Å²) in [7, 11) is -2.40. The molecule has 0 aliphatic carbocycles. The highest BCUT2D eigenvalue weighted by atomic mass is 32.2. The largest absolute Gasteiger partial charge is 0.496 e. The van der Waals surface area contributed by atoms with Crippen LogP contribution < -0.4 is 14.4 Å². The van der Waals surface area contributed by atoms with Crippen LogP contribution in [0.3, 0.4) is 0 Å². The molecule has 7 nitrogen and oxygen atoms in total. The minimum Gasteiger partial charge on any atom is -0.496 e. The third-order valence-electron chi connectivity index (χ3n) is 5.13. The maximum Gasteiger partial charge on any atom is 0.264 e. The number of ether oxygens (including phenoxy) is 1. The highest BCUT2D eigenvalue weighted by molar-refractivity contribution is 7.99. The molecule has 4 rings (SSSR count). The van der Waals surface area contributed by atoms with Crippen molar-refractivity contribution in [2.24, 2.45) is 0 Å². The van der Waals surface area contributed by atoms with E-state index in [4.69, 9.17) is 4.74 Å². The van der Waals surface area contributed by atoms with Crippen molar-refractivity contribution in [3.8, 4) is 5.75 Å². The number of pyridine rings is 1. The number of hydrogen-bond acceptors (Lipinski definition) is 6. The standard InChI is InChI=1S/C23H23N3O4S2/c1-3-31-22-11-8-17(15-24-22)25-23(27)19-14-18(9-10-21(19)30-2)32(28,29)26-13-12-16-6-4-5-7-20(16)26/h4-11,14-15H,3,12-13H2,1-2H3,(H,25,27). The third-order valence-corrected chi connectivity index (χ3v) is 7.77. The Labute approximate surface area is 191 Å². The zero-order chi connectivity index (χ0) is 22.7. The number of rotatable bonds is 7. The number of sulfonamides is 1. The Hall–Kier alpha value is -3.04. The average Bonchev–Trinajstić information content (AvgIpc) is 3.25. The summed E-state index contributed by atoms with van der Waals surface area (Å²) in [5, 5.41) is 3.63. The first-order chi connectivity index (χ1) is 15.4. The van der Waals surface area contributed by atoms with E-state index in [1.165, 1.54) is 29.6 Å². The van der Waals surface area contributed by atoms with E-state index >= 15 is 0 Å². The first kappa shape index (κ1) is 22.2. The van der Waals surface area contributed by atoms with E-state index in [0.717, 1.165) is 16.3 Å². The Morgan fingerprint density at radius 2 is 2.00 bits per heavy atom. The molecule has 0 unspecified atom stereocenters. The van der Waals surface area contributed by atoms with Crippen LogP contribution in [0.25, 0.3) is 0 Å². The van der Waals surface area contributed by atoms with Gasteiger partial charge in [-0.2, -0.15) is 0 Å². The van der Waals surface area contributed by atoms with Crippen LogP contribution in [0.5, 0.6) is 5.75 Å². The van der Waals surface area contributed by atoms with Crippen LogP contribution in [0.4, 0.5) is 11.4 Å². The molecule has 166 valence electrons. The Balaban J connectivity index is 1.63. The molecule has 0 saturated carbocycles. The van der Waals surface area contributed by atoms with Crippen LogP contribution >= 0.6 is 11.8 Å². The molecule has 1 aromatic heterocycles. The number of amides is 1. The summed E-state index contributed by atoms with van der Waals surface area (Å²) >= 11 is 1.60. The predicted molar refractivity (Wildman–Crippen MR) is 126 cm³/mol. The molecule has 0 bridgehead atoms. The number of fused-ring (bicyclic) bond motifs is 1. The van der Waals surface area contributed by atoms with E-state index in [-0.39, 0.29) is 16.2 Å². The van der Waals surface area contributed by atoms with Gasteiger partial charge in [0.05, 0.1) is 40.2 Å². The molecule has 1 amide bonds. The van der Waals surface area contributed by atoms with E-state index in [0.29, 0.717) is 24.3 Å². The summed E-state index contributed by atoms with van der Waals surface area (Å²) in [6.07, 6.45) is 2.22. The van der Waals surface area contributed by atoms with Crippen LogP contribution in [0.2, 0.25) is 0 Å². The molecule has 0 spiro atoms. The Morgan fingerprint density at radius 1 is 1.19 bits per heavy atom. The summed E-state index contributed by atoms with van der Waals surface area (Å²) in [5.41, 5.74) is 2.30. The van der Waals surface area contributed by atoms with Gasteiger partial charge in [0.15, 0.2) is 0 Å². The minimum absolute atomic E-state index is 0.0352. The second-order valence-electron chi connectivity index (χ2n) is 7.09. The fraction of sp³-hybridized carbons (Fsp3) is 0.217.